The van der Waals surface area contributed by atoms with E-state index in [0.29, 0.717) is 5.92 Å². The number of fused-ring (bicyclic) bond motifs is 3. The van der Waals surface area contributed by atoms with Crippen LogP contribution in [0, 0.1) is 12.8 Å². The second-order valence-corrected chi connectivity index (χ2v) is 11.7. The van der Waals surface area contributed by atoms with Crippen LogP contribution in [-0.4, -0.2) is 4.98 Å². The zero-order valence-corrected chi connectivity index (χ0v) is 22.5. The van der Waals surface area contributed by atoms with Gasteiger partial charge in [-0.3, -0.25) is 0 Å². The molecule has 6 rings (SSSR count). The van der Waals surface area contributed by atoms with Gasteiger partial charge in [-0.1, -0.05) is 71.0 Å². The van der Waals surface area contributed by atoms with E-state index in [4.69, 9.17) is 13.8 Å². The van der Waals surface area contributed by atoms with Gasteiger partial charge < -0.3 is 8.83 Å². The van der Waals surface area contributed by atoms with Gasteiger partial charge in [0.05, 0.1) is 12.0 Å². The fraction of sp³-hybridized carbons (Fsp3) is 0.265. The average molecular weight is 488 g/mol. The van der Waals surface area contributed by atoms with Crippen molar-refractivity contribution < 1.29 is 8.83 Å². The fourth-order valence-electron chi connectivity index (χ4n) is 5.43. The highest BCUT2D eigenvalue weighted by Crippen LogP contribution is 2.39. The first-order valence-electron chi connectivity index (χ1n) is 13.1. The normalized spacial score (nSPS) is 12.4. The van der Waals surface area contributed by atoms with Crippen LogP contribution in [0.15, 0.2) is 81.8 Å². The molecule has 3 aromatic heterocycles. The van der Waals surface area contributed by atoms with Gasteiger partial charge in [-0.05, 0) is 76.4 Å². The Labute approximate surface area is 218 Å². The first-order chi connectivity index (χ1) is 17.7. The zero-order valence-electron chi connectivity index (χ0n) is 22.5. The van der Waals surface area contributed by atoms with Gasteiger partial charge in [-0.25, -0.2) is 4.98 Å². The smallest absolute Gasteiger partial charge is 0.160 e. The summed E-state index contributed by atoms with van der Waals surface area (Å²) < 4.78 is 12.2. The summed E-state index contributed by atoms with van der Waals surface area (Å²) in [4.78, 5) is 5.06. The van der Waals surface area contributed by atoms with Crippen LogP contribution in [0.2, 0.25) is 0 Å². The van der Waals surface area contributed by atoms with Crippen LogP contribution in [-0.2, 0) is 11.8 Å². The minimum atomic E-state index is 0.00674. The molecular formula is C34H33NO2. The quantitative estimate of drug-likeness (QED) is 0.248. The lowest BCUT2D eigenvalue weighted by atomic mass is 9.82. The number of nitrogens with zero attached hydrogens (tertiary/aromatic N) is 1. The summed E-state index contributed by atoms with van der Waals surface area (Å²) >= 11 is 0. The molecule has 0 aliphatic carbocycles. The van der Waals surface area contributed by atoms with Crippen LogP contribution in [0.25, 0.3) is 55.2 Å². The van der Waals surface area contributed by atoms with Crippen molar-refractivity contribution in [2.75, 3.05) is 0 Å². The molecule has 0 bridgehead atoms. The Kier molecular flexibility index (Phi) is 5.49. The van der Waals surface area contributed by atoms with Crippen LogP contribution < -0.4 is 0 Å². The Hall–Kier alpha value is -3.85. The third-order valence-corrected chi connectivity index (χ3v) is 7.16. The van der Waals surface area contributed by atoms with Crippen molar-refractivity contribution in [3.8, 4) is 22.4 Å². The van der Waals surface area contributed by atoms with Gasteiger partial charge in [0.25, 0.3) is 0 Å². The molecule has 0 atom stereocenters. The third-order valence-electron chi connectivity index (χ3n) is 7.16. The number of rotatable bonds is 4. The third kappa shape index (κ3) is 4.23. The lowest BCUT2D eigenvalue weighted by Crippen LogP contribution is -2.12. The highest BCUT2D eigenvalue weighted by Gasteiger charge is 2.20. The van der Waals surface area contributed by atoms with Crippen molar-refractivity contribution in [1.29, 1.82) is 0 Å². The van der Waals surface area contributed by atoms with Crippen LogP contribution >= 0.6 is 0 Å². The van der Waals surface area contributed by atoms with Gasteiger partial charge >= 0.3 is 0 Å². The van der Waals surface area contributed by atoms with Gasteiger partial charge in [0.15, 0.2) is 5.58 Å². The van der Waals surface area contributed by atoms with Crippen molar-refractivity contribution in [2.45, 2.75) is 53.4 Å². The number of hydrogen-bond acceptors (Lipinski definition) is 3. The number of aromatic nitrogens is 1. The van der Waals surface area contributed by atoms with E-state index in [0.717, 1.165) is 51.2 Å². The predicted octanol–water partition coefficient (Wildman–Crippen LogP) is 9.87. The Morgan fingerprint density at radius 1 is 0.865 bits per heavy atom. The average Bonchev–Trinajstić information content (AvgIpc) is 3.43. The Morgan fingerprint density at radius 3 is 2.46 bits per heavy atom. The number of furan rings is 2. The first-order valence-corrected chi connectivity index (χ1v) is 13.1. The van der Waals surface area contributed by atoms with E-state index in [1.54, 1.807) is 0 Å². The van der Waals surface area contributed by atoms with Crippen LogP contribution in [0.3, 0.4) is 0 Å². The second kappa shape index (κ2) is 8.62. The molecule has 37 heavy (non-hydrogen) atoms. The summed E-state index contributed by atoms with van der Waals surface area (Å²) in [5.74, 6) is 1.43. The molecule has 6 aromatic rings. The van der Waals surface area contributed by atoms with E-state index >= 15 is 0 Å². The van der Waals surface area contributed by atoms with Crippen molar-refractivity contribution in [2.24, 2.45) is 5.92 Å². The minimum Gasteiger partial charge on any atom is -0.464 e. The number of aryl methyl sites for hydroxylation is 1. The van der Waals surface area contributed by atoms with Crippen molar-refractivity contribution >= 4 is 32.8 Å². The topological polar surface area (TPSA) is 39.2 Å². The lowest BCUT2D eigenvalue weighted by molar-refractivity contribution is 0.579. The van der Waals surface area contributed by atoms with E-state index in [1.807, 2.05) is 19.3 Å². The summed E-state index contributed by atoms with van der Waals surface area (Å²) in [6.07, 6.45) is 2.91. The summed E-state index contributed by atoms with van der Waals surface area (Å²) in [5, 5.41) is 3.70. The van der Waals surface area contributed by atoms with Gasteiger partial charge in [-0.2, -0.15) is 0 Å². The van der Waals surface area contributed by atoms with Crippen molar-refractivity contribution in [1.82, 2.24) is 4.98 Å². The maximum absolute atomic E-state index is 6.17. The summed E-state index contributed by atoms with van der Waals surface area (Å²) in [6.45, 7) is 13.3. The number of pyridine rings is 1. The Bertz CT molecular complexity index is 1780. The van der Waals surface area contributed by atoms with E-state index in [2.05, 4.69) is 95.3 Å². The standard InChI is InChI=1S/C34H33NO2/c1-20(2)13-25-19-36-32-17-23(11-12-27(25)32)28-18-30(35-31-14-21(3)37-33(28)31)24-15-22-9-7-8-10-26(22)29(16-24)34(4,5)6/h7-12,14-20H,13H2,1-6H3. The molecule has 3 heterocycles. The van der Waals surface area contributed by atoms with Gasteiger partial charge in [0.1, 0.15) is 16.9 Å². The zero-order chi connectivity index (χ0) is 25.9. The highest BCUT2D eigenvalue weighted by atomic mass is 16.3. The molecule has 3 aromatic carbocycles. The Morgan fingerprint density at radius 2 is 1.68 bits per heavy atom. The van der Waals surface area contributed by atoms with Crippen LogP contribution in [0.1, 0.15) is 51.5 Å². The van der Waals surface area contributed by atoms with Crippen LogP contribution in [0.5, 0.6) is 0 Å². The summed E-state index contributed by atoms with van der Waals surface area (Å²) in [7, 11) is 0. The predicted molar refractivity (Wildman–Crippen MR) is 154 cm³/mol. The molecule has 0 unspecified atom stereocenters. The molecule has 0 aliphatic heterocycles. The van der Waals surface area contributed by atoms with E-state index in [9.17, 15) is 0 Å². The van der Waals surface area contributed by atoms with E-state index in [-0.39, 0.29) is 5.41 Å². The van der Waals surface area contributed by atoms with Gasteiger partial charge in [0, 0.05) is 22.6 Å². The molecule has 0 saturated carbocycles. The van der Waals surface area contributed by atoms with E-state index < -0.39 is 0 Å². The van der Waals surface area contributed by atoms with Gasteiger partial charge in [0.2, 0.25) is 0 Å². The molecule has 0 amide bonds. The lowest BCUT2D eigenvalue weighted by Gasteiger charge is -2.23. The molecule has 3 heteroatoms. The van der Waals surface area contributed by atoms with Crippen molar-refractivity contribution in [3.63, 3.8) is 0 Å². The van der Waals surface area contributed by atoms with E-state index in [1.165, 1.54) is 27.3 Å². The van der Waals surface area contributed by atoms with Gasteiger partial charge in [-0.15, -0.1) is 0 Å². The molecule has 0 spiro atoms. The summed E-state index contributed by atoms with van der Waals surface area (Å²) in [5.41, 5.74) is 9.33. The molecule has 3 nitrogen and oxygen atoms in total. The molecule has 186 valence electrons. The summed E-state index contributed by atoms with van der Waals surface area (Å²) in [6, 6.07) is 23.9. The molecule has 0 saturated heterocycles. The Balaban J connectivity index is 1.56. The number of benzene rings is 3. The first kappa shape index (κ1) is 23.5. The minimum absolute atomic E-state index is 0.00674. The highest BCUT2D eigenvalue weighted by molar-refractivity contribution is 5.97. The van der Waals surface area contributed by atoms with Crippen molar-refractivity contribution in [3.05, 3.63) is 89.9 Å². The largest absolute Gasteiger partial charge is 0.464 e. The molecule has 0 radical (unpaired) electrons. The fourth-order valence-corrected chi connectivity index (χ4v) is 5.43. The maximum Gasteiger partial charge on any atom is 0.160 e. The molecule has 0 aliphatic rings. The SMILES string of the molecule is Cc1cc2nc(-c3cc(C(C)(C)C)c4ccccc4c3)cc(-c3ccc4c(CC(C)C)coc4c3)c2o1. The maximum atomic E-state index is 6.17. The number of hydrogen-bond donors (Lipinski definition) is 0. The molecule has 0 N–H and O–H groups in total. The molecule has 0 fully saturated rings. The second-order valence-electron chi connectivity index (χ2n) is 11.7. The van der Waals surface area contributed by atoms with Crippen LogP contribution in [0.4, 0.5) is 0 Å². The molecular weight excluding hydrogens is 454 g/mol. The monoisotopic (exact) mass is 487 g/mol.